The number of allylic oxidation sites excluding steroid dienone is 1. The van der Waals surface area contributed by atoms with Crippen molar-refractivity contribution in [3.63, 3.8) is 0 Å². The molecule has 0 rings (SSSR count). The smallest absolute Gasteiger partial charge is 0.163 e. The highest BCUT2D eigenvalue weighted by Crippen LogP contribution is 2.11. The molecule has 0 saturated heterocycles. The predicted octanol–water partition coefficient (Wildman–Crippen LogP) is 4.69. The van der Waals surface area contributed by atoms with Gasteiger partial charge < -0.3 is 11.1 Å². The van der Waals surface area contributed by atoms with E-state index in [0.717, 1.165) is 6.54 Å². The monoisotopic (exact) mass is 284 g/mol. The lowest BCUT2D eigenvalue weighted by atomic mass is 10.1. The molecule has 3 heteroatoms. The minimum atomic E-state index is 0.378. The third-order valence-corrected chi connectivity index (χ3v) is 3.43. The molecule has 3 N–H and O–H groups in total. The minimum absolute atomic E-state index is 0.378. The average molecular weight is 285 g/mol. The standard InChI is InChI=1S/C16H32N2S/c1-2-3-4-5-6-7-8-9-10-11-12-13-14-15-18-16(17)19/h13-14H,2-12,15H2,1H3,(H3,17,18,19). The average Bonchev–Trinajstić information content (AvgIpc) is 2.39. The lowest BCUT2D eigenvalue weighted by Gasteiger charge is -2.01. The van der Waals surface area contributed by atoms with Crippen molar-refractivity contribution in [2.24, 2.45) is 5.73 Å². The van der Waals surface area contributed by atoms with Gasteiger partial charge in [0.15, 0.2) is 5.11 Å². The van der Waals surface area contributed by atoms with Crippen LogP contribution in [0.1, 0.15) is 77.6 Å². The zero-order valence-corrected chi connectivity index (χ0v) is 13.4. The molecule has 0 aromatic heterocycles. The Hall–Kier alpha value is -0.570. The van der Waals surface area contributed by atoms with Crippen LogP contribution in [0.25, 0.3) is 0 Å². The lowest BCUT2D eigenvalue weighted by Crippen LogP contribution is -2.28. The predicted molar refractivity (Wildman–Crippen MR) is 90.4 cm³/mol. The van der Waals surface area contributed by atoms with Crippen molar-refractivity contribution >= 4 is 17.3 Å². The Morgan fingerprint density at radius 2 is 1.42 bits per heavy atom. The number of unbranched alkanes of at least 4 members (excludes halogenated alkanes) is 10. The maximum absolute atomic E-state index is 5.33. The van der Waals surface area contributed by atoms with E-state index in [9.17, 15) is 0 Å². The molecule has 0 aromatic rings. The molecule has 0 saturated carbocycles. The van der Waals surface area contributed by atoms with Crippen molar-refractivity contribution in [3.05, 3.63) is 12.2 Å². The fourth-order valence-electron chi connectivity index (χ4n) is 2.11. The van der Waals surface area contributed by atoms with Gasteiger partial charge in [-0.2, -0.15) is 0 Å². The van der Waals surface area contributed by atoms with Crippen molar-refractivity contribution in [2.75, 3.05) is 6.54 Å². The molecule has 0 heterocycles. The first-order chi connectivity index (χ1) is 9.27. The van der Waals surface area contributed by atoms with Gasteiger partial charge >= 0.3 is 0 Å². The Labute approximate surface area is 125 Å². The molecule has 0 aliphatic carbocycles. The summed E-state index contributed by atoms with van der Waals surface area (Å²) in [5.74, 6) is 0. The van der Waals surface area contributed by atoms with E-state index < -0.39 is 0 Å². The van der Waals surface area contributed by atoms with E-state index in [1.807, 2.05) is 0 Å². The molecule has 0 bridgehead atoms. The minimum Gasteiger partial charge on any atom is -0.376 e. The summed E-state index contributed by atoms with van der Waals surface area (Å²) in [6.07, 6.45) is 19.5. The third kappa shape index (κ3) is 17.4. The van der Waals surface area contributed by atoms with E-state index in [1.165, 1.54) is 70.6 Å². The van der Waals surface area contributed by atoms with Crippen LogP contribution < -0.4 is 11.1 Å². The molecule has 0 aliphatic heterocycles. The van der Waals surface area contributed by atoms with Gasteiger partial charge in [-0.1, -0.05) is 76.9 Å². The van der Waals surface area contributed by atoms with E-state index >= 15 is 0 Å². The van der Waals surface area contributed by atoms with Crippen LogP contribution in [-0.4, -0.2) is 11.7 Å². The van der Waals surface area contributed by atoms with Crippen LogP contribution in [0.5, 0.6) is 0 Å². The zero-order chi connectivity index (χ0) is 14.2. The molecule has 0 amide bonds. The van der Waals surface area contributed by atoms with Gasteiger partial charge in [-0.15, -0.1) is 0 Å². The molecule has 0 radical (unpaired) electrons. The van der Waals surface area contributed by atoms with Crippen molar-refractivity contribution in [3.8, 4) is 0 Å². The number of hydrogen-bond acceptors (Lipinski definition) is 1. The molecule has 19 heavy (non-hydrogen) atoms. The quantitative estimate of drug-likeness (QED) is 0.293. The van der Waals surface area contributed by atoms with E-state index in [1.54, 1.807) is 0 Å². The highest BCUT2D eigenvalue weighted by atomic mass is 32.1. The fourth-order valence-corrected chi connectivity index (χ4v) is 2.19. The highest BCUT2D eigenvalue weighted by Gasteiger charge is 1.91. The summed E-state index contributed by atoms with van der Waals surface area (Å²) in [5.41, 5.74) is 5.33. The lowest BCUT2D eigenvalue weighted by molar-refractivity contribution is 0.557. The van der Waals surface area contributed by atoms with Gasteiger partial charge in [0, 0.05) is 6.54 Å². The Balaban J connectivity index is 3.04. The molecular formula is C16H32N2S. The van der Waals surface area contributed by atoms with Crippen LogP contribution in [0.3, 0.4) is 0 Å². The number of thiocarbonyl (C=S) groups is 1. The second-order valence-electron chi connectivity index (χ2n) is 5.19. The van der Waals surface area contributed by atoms with E-state index in [2.05, 4.69) is 24.4 Å². The number of rotatable bonds is 13. The van der Waals surface area contributed by atoms with Crippen LogP contribution in [0.15, 0.2) is 12.2 Å². The van der Waals surface area contributed by atoms with Crippen LogP contribution >= 0.6 is 12.2 Å². The second kappa shape index (κ2) is 15.5. The Morgan fingerprint density at radius 3 is 1.95 bits per heavy atom. The topological polar surface area (TPSA) is 38.0 Å². The highest BCUT2D eigenvalue weighted by molar-refractivity contribution is 7.80. The van der Waals surface area contributed by atoms with Gasteiger partial charge in [0.25, 0.3) is 0 Å². The molecule has 2 nitrogen and oxygen atoms in total. The summed E-state index contributed by atoms with van der Waals surface area (Å²) < 4.78 is 0. The Bertz CT molecular complexity index is 227. The summed E-state index contributed by atoms with van der Waals surface area (Å²) in [6.45, 7) is 3.03. The van der Waals surface area contributed by atoms with Crippen LogP contribution in [0, 0.1) is 0 Å². The Morgan fingerprint density at radius 1 is 0.895 bits per heavy atom. The van der Waals surface area contributed by atoms with E-state index in [4.69, 9.17) is 18.0 Å². The number of nitrogens with one attached hydrogen (secondary N) is 1. The molecule has 112 valence electrons. The first-order valence-corrected chi connectivity index (χ1v) is 8.36. The largest absolute Gasteiger partial charge is 0.376 e. The van der Waals surface area contributed by atoms with Crippen molar-refractivity contribution < 1.29 is 0 Å². The van der Waals surface area contributed by atoms with E-state index in [-0.39, 0.29) is 0 Å². The van der Waals surface area contributed by atoms with Gasteiger partial charge in [-0.3, -0.25) is 0 Å². The maximum Gasteiger partial charge on any atom is 0.163 e. The summed E-state index contributed by atoms with van der Waals surface area (Å²) in [5, 5.41) is 3.29. The van der Waals surface area contributed by atoms with Crippen LogP contribution in [0.4, 0.5) is 0 Å². The molecule has 0 atom stereocenters. The van der Waals surface area contributed by atoms with Gasteiger partial charge in [-0.05, 0) is 25.1 Å². The summed E-state index contributed by atoms with van der Waals surface area (Å²) in [4.78, 5) is 0. The van der Waals surface area contributed by atoms with Crippen molar-refractivity contribution in [2.45, 2.75) is 77.6 Å². The van der Waals surface area contributed by atoms with Gasteiger partial charge in [0.2, 0.25) is 0 Å². The second-order valence-corrected chi connectivity index (χ2v) is 5.63. The van der Waals surface area contributed by atoms with Gasteiger partial charge in [0.05, 0.1) is 0 Å². The third-order valence-electron chi connectivity index (χ3n) is 3.29. The first-order valence-electron chi connectivity index (χ1n) is 7.95. The van der Waals surface area contributed by atoms with Crippen molar-refractivity contribution in [1.29, 1.82) is 0 Å². The maximum atomic E-state index is 5.33. The van der Waals surface area contributed by atoms with E-state index in [0.29, 0.717) is 5.11 Å². The first kappa shape index (κ1) is 18.4. The van der Waals surface area contributed by atoms with Gasteiger partial charge in [0.1, 0.15) is 0 Å². The summed E-state index contributed by atoms with van der Waals surface area (Å²) in [7, 11) is 0. The number of hydrogen-bond donors (Lipinski definition) is 2. The SMILES string of the molecule is CCCCCCCCCCCCC=CCNC(N)=S. The summed E-state index contributed by atoms with van der Waals surface area (Å²) in [6, 6.07) is 0. The molecule has 0 spiro atoms. The number of nitrogens with two attached hydrogens (primary N) is 1. The van der Waals surface area contributed by atoms with Gasteiger partial charge in [-0.25, -0.2) is 0 Å². The van der Waals surface area contributed by atoms with Crippen LogP contribution in [0.2, 0.25) is 0 Å². The summed E-state index contributed by atoms with van der Waals surface area (Å²) >= 11 is 4.72. The molecule has 0 aliphatic rings. The molecule has 0 fully saturated rings. The fraction of sp³-hybridized carbons (Fsp3) is 0.812. The normalized spacial score (nSPS) is 11.0. The van der Waals surface area contributed by atoms with Crippen molar-refractivity contribution in [1.82, 2.24) is 5.32 Å². The Kier molecular flexibility index (Phi) is 15.0. The molecule has 0 aromatic carbocycles. The molecule has 0 unspecified atom stereocenters. The molecular weight excluding hydrogens is 252 g/mol. The van der Waals surface area contributed by atoms with Crippen LogP contribution in [-0.2, 0) is 0 Å². The zero-order valence-electron chi connectivity index (χ0n) is 12.6.